The second kappa shape index (κ2) is 7.01. The summed E-state index contributed by atoms with van der Waals surface area (Å²) in [4.78, 5) is 0. The van der Waals surface area contributed by atoms with Crippen molar-refractivity contribution >= 4 is 25.6 Å². The van der Waals surface area contributed by atoms with Crippen molar-refractivity contribution in [3.05, 3.63) is 60.7 Å². The van der Waals surface area contributed by atoms with Gasteiger partial charge in [0.2, 0.25) is 0 Å². The first-order valence-electron chi connectivity index (χ1n) is 9.99. The Kier molecular flexibility index (Phi) is 4.77. The highest BCUT2D eigenvalue weighted by molar-refractivity contribution is 7.51. The third-order valence-corrected chi connectivity index (χ3v) is 26.7. The van der Waals surface area contributed by atoms with E-state index in [9.17, 15) is 0 Å². The molecule has 2 heterocycles. The lowest BCUT2D eigenvalue weighted by Crippen LogP contribution is -2.76. The molecule has 0 nitrogen and oxygen atoms in total. The minimum absolute atomic E-state index is 1.41. The van der Waals surface area contributed by atoms with Crippen LogP contribution in [0.2, 0.25) is 24.2 Å². The first-order chi connectivity index (χ1) is 11.9. The maximum absolute atomic E-state index is 2.52. The summed E-state index contributed by atoms with van der Waals surface area (Å²) in [5, 5.41) is 3.62. The summed E-state index contributed by atoms with van der Waals surface area (Å²) in [7, 11) is -2.82. The van der Waals surface area contributed by atoms with Gasteiger partial charge in [-0.2, -0.15) is 0 Å². The van der Waals surface area contributed by atoms with Crippen molar-refractivity contribution in [3.8, 4) is 0 Å². The Morgan fingerprint density at radius 2 is 0.750 bits per heavy atom. The molecule has 0 saturated carbocycles. The molecule has 0 spiro atoms. The van der Waals surface area contributed by atoms with E-state index in [2.05, 4.69) is 60.7 Å². The van der Waals surface area contributed by atoms with Gasteiger partial charge >= 0.3 is 0 Å². The van der Waals surface area contributed by atoms with Crippen LogP contribution >= 0.6 is 0 Å². The van der Waals surface area contributed by atoms with Gasteiger partial charge in [0.05, 0.1) is 15.2 Å². The Hall–Kier alpha value is -1.13. The first kappa shape index (κ1) is 16.3. The van der Waals surface area contributed by atoms with Gasteiger partial charge in [0.1, 0.15) is 0 Å². The van der Waals surface area contributed by atoms with Gasteiger partial charge in [0, 0.05) is 0 Å². The molecule has 2 heteroatoms. The van der Waals surface area contributed by atoms with Crippen LogP contribution in [-0.4, -0.2) is 15.2 Å². The van der Waals surface area contributed by atoms with Crippen LogP contribution < -0.4 is 10.4 Å². The standard InChI is InChI=1S/C22H30Si2/c1-5-13-21(14-6-1)23(17-9-3-10-18-23)24(19-11-4-12-20-24)22-15-7-2-8-16-22/h1-2,5-8,13-16H,3-4,9-12,17-20H2. The van der Waals surface area contributed by atoms with Crippen molar-refractivity contribution in [2.45, 2.75) is 62.7 Å². The summed E-state index contributed by atoms with van der Waals surface area (Å²) in [5.41, 5.74) is 0. The summed E-state index contributed by atoms with van der Waals surface area (Å²) in [5.74, 6) is 0. The Labute approximate surface area is 149 Å². The monoisotopic (exact) mass is 350 g/mol. The molecule has 2 saturated heterocycles. The fourth-order valence-corrected chi connectivity index (χ4v) is 27.8. The van der Waals surface area contributed by atoms with E-state index < -0.39 is 15.2 Å². The Bertz CT molecular complexity index is 579. The molecule has 0 unspecified atom stereocenters. The summed E-state index contributed by atoms with van der Waals surface area (Å²) in [6, 6.07) is 30.0. The van der Waals surface area contributed by atoms with Crippen LogP contribution in [0.4, 0.5) is 0 Å². The smallest absolute Gasteiger partial charge is 0.0633 e. The number of hydrogen-bond donors (Lipinski definition) is 0. The average molecular weight is 351 g/mol. The number of rotatable bonds is 3. The second-order valence-corrected chi connectivity index (χ2v) is 21.2. The molecule has 2 fully saturated rings. The third-order valence-electron chi connectivity index (χ3n) is 6.98. The van der Waals surface area contributed by atoms with Gasteiger partial charge in [-0.15, -0.1) is 0 Å². The van der Waals surface area contributed by atoms with E-state index in [0.717, 1.165) is 0 Å². The predicted octanol–water partition coefficient (Wildman–Crippen LogP) is 5.14. The van der Waals surface area contributed by atoms with Crippen LogP contribution in [0.5, 0.6) is 0 Å². The lowest BCUT2D eigenvalue weighted by molar-refractivity contribution is 0.703. The van der Waals surface area contributed by atoms with E-state index >= 15 is 0 Å². The molecule has 4 rings (SSSR count). The zero-order valence-electron chi connectivity index (χ0n) is 14.8. The average Bonchev–Trinajstić information content (AvgIpc) is 2.70. The molecule has 2 aromatic carbocycles. The van der Waals surface area contributed by atoms with Crippen molar-refractivity contribution < 1.29 is 0 Å². The van der Waals surface area contributed by atoms with E-state index in [4.69, 9.17) is 0 Å². The topological polar surface area (TPSA) is 0 Å². The molecular formula is C22H30Si2. The lowest BCUT2D eigenvalue weighted by Gasteiger charge is -2.53. The fraction of sp³-hybridized carbons (Fsp3) is 0.455. The van der Waals surface area contributed by atoms with Crippen LogP contribution in [0.15, 0.2) is 60.7 Å². The van der Waals surface area contributed by atoms with Crippen molar-refractivity contribution in [1.29, 1.82) is 0 Å². The van der Waals surface area contributed by atoms with Crippen molar-refractivity contribution in [3.63, 3.8) is 0 Å². The highest BCUT2D eigenvalue weighted by Crippen LogP contribution is 2.43. The van der Waals surface area contributed by atoms with Crippen molar-refractivity contribution in [2.24, 2.45) is 0 Å². The molecular weight excluding hydrogens is 320 g/mol. The number of benzene rings is 2. The molecule has 0 N–H and O–H groups in total. The van der Waals surface area contributed by atoms with Crippen LogP contribution in [0, 0.1) is 0 Å². The SMILES string of the molecule is c1ccc([Si]2([Si]3(c4ccccc4)CCCCC3)CCCCC2)cc1. The molecule has 2 aromatic rings. The van der Waals surface area contributed by atoms with Gasteiger partial charge in [-0.25, -0.2) is 0 Å². The molecule has 0 radical (unpaired) electrons. The Morgan fingerprint density at radius 1 is 0.417 bits per heavy atom. The highest BCUT2D eigenvalue weighted by Gasteiger charge is 2.56. The van der Waals surface area contributed by atoms with Gasteiger partial charge in [0.25, 0.3) is 0 Å². The first-order valence-corrected chi connectivity index (χ1v) is 15.8. The highest BCUT2D eigenvalue weighted by atomic mass is 29.3. The minimum Gasteiger partial charge on any atom is -0.0633 e. The zero-order valence-corrected chi connectivity index (χ0v) is 16.8. The Balaban J connectivity index is 1.90. The molecule has 0 bridgehead atoms. The maximum atomic E-state index is 2.52. The normalized spacial score (nSPS) is 22.8. The maximum Gasteiger partial charge on any atom is 0.0856 e. The minimum atomic E-state index is -1.41. The largest absolute Gasteiger partial charge is 0.0856 e. The molecule has 0 atom stereocenters. The van der Waals surface area contributed by atoms with Crippen LogP contribution in [-0.2, 0) is 0 Å². The number of hydrogen-bond acceptors (Lipinski definition) is 0. The molecule has 0 aliphatic carbocycles. The van der Waals surface area contributed by atoms with Crippen LogP contribution in [0.25, 0.3) is 0 Å². The lowest BCUT2D eigenvalue weighted by atomic mass is 10.3. The molecule has 2 aliphatic rings. The molecule has 0 amide bonds. The van der Waals surface area contributed by atoms with Gasteiger partial charge in [-0.1, -0.05) is 134 Å². The van der Waals surface area contributed by atoms with E-state index in [0.29, 0.717) is 0 Å². The second-order valence-electron chi connectivity index (χ2n) is 8.02. The summed E-state index contributed by atoms with van der Waals surface area (Å²) >= 11 is 0. The third kappa shape index (κ3) is 2.64. The predicted molar refractivity (Wildman–Crippen MR) is 111 cm³/mol. The molecule has 126 valence electrons. The summed E-state index contributed by atoms with van der Waals surface area (Å²) in [6.45, 7) is 0. The van der Waals surface area contributed by atoms with Gasteiger partial charge in [-0.05, 0) is 0 Å². The van der Waals surface area contributed by atoms with E-state index in [-0.39, 0.29) is 0 Å². The van der Waals surface area contributed by atoms with Crippen LogP contribution in [0.3, 0.4) is 0 Å². The van der Waals surface area contributed by atoms with E-state index in [1.54, 1.807) is 24.2 Å². The fourth-order valence-electron chi connectivity index (χ4n) is 5.91. The van der Waals surface area contributed by atoms with E-state index in [1.807, 2.05) is 10.4 Å². The summed E-state index contributed by atoms with van der Waals surface area (Å²) in [6.07, 6.45) is 8.90. The molecule has 2 aliphatic heterocycles. The molecule has 0 aromatic heterocycles. The van der Waals surface area contributed by atoms with Crippen molar-refractivity contribution in [1.82, 2.24) is 0 Å². The summed E-state index contributed by atoms with van der Waals surface area (Å²) < 4.78 is 0. The van der Waals surface area contributed by atoms with E-state index in [1.165, 1.54) is 38.5 Å². The Morgan fingerprint density at radius 3 is 1.08 bits per heavy atom. The van der Waals surface area contributed by atoms with Crippen LogP contribution in [0.1, 0.15) is 38.5 Å². The van der Waals surface area contributed by atoms with Gasteiger partial charge in [-0.3, -0.25) is 0 Å². The van der Waals surface area contributed by atoms with Crippen molar-refractivity contribution in [2.75, 3.05) is 0 Å². The van der Waals surface area contributed by atoms with Gasteiger partial charge < -0.3 is 0 Å². The molecule has 24 heavy (non-hydrogen) atoms. The quantitative estimate of drug-likeness (QED) is 0.672. The zero-order chi connectivity index (χ0) is 16.3. The van der Waals surface area contributed by atoms with Gasteiger partial charge in [0.15, 0.2) is 0 Å².